The number of aromatic nitrogens is 3. The normalized spacial score (nSPS) is 10.7. The molecule has 0 radical (unpaired) electrons. The minimum absolute atomic E-state index is 0.584. The Bertz CT molecular complexity index is 675. The van der Waals surface area contributed by atoms with Gasteiger partial charge in [0.1, 0.15) is 10.8 Å². The summed E-state index contributed by atoms with van der Waals surface area (Å²) in [6.07, 6.45) is 4.76. The number of anilines is 2. The van der Waals surface area contributed by atoms with Crippen molar-refractivity contribution < 1.29 is 0 Å². The highest BCUT2D eigenvalue weighted by atomic mass is 32.1. The van der Waals surface area contributed by atoms with Crippen LogP contribution in [0.25, 0.3) is 11.1 Å². The van der Waals surface area contributed by atoms with E-state index in [9.17, 15) is 0 Å². The third kappa shape index (κ3) is 3.22. The van der Waals surface area contributed by atoms with E-state index in [1.807, 2.05) is 35.1 Å². The van der Waals surface area contributed by atoms with Crippen LogP contribution in [0, 0.1) is 0 Å². The summed E-state index contributed by atoms with van der Waals surface area (Å²) in [5, 5.41) is 8.65. The number of hydrogen-bond donors (Lipinski definition) is 2. The van der Waals surface area contributed by atoms with Crippen molar-refractivity contribution in [2.75, 3.05) is 17.6 Å². The summed E-state index contributed by atoms with van der Waals surface area (Å²) in [6.45, 7) is 1.76. The van der Waals surface area contributed by atoms with Crippen LogP contribution in [0.1, 0.15) is 6.42 Å². The van der Waals surface area contributed by atoms with Gasteiger partial charge < -0.3 is 11.1 Å². The predicted molar refractivity (Wildman–Crippen MR) is 87.3 cm³/mol. The lowest BCUT2D eigenvalue weighted by atomic mass is 10.1. The van der Waals surface area contributed by atoms with Crippen LogP contribution >= 0.6 is 11.5 Å². The van der Waals surface area contributed by atoms with Crippen molar-refractivity contribution >= 4 is 22.4 Å². The van der Waals surface area contributed by atoms with E-state index in [-0.39, 0.29) is 0 Å². The number of benzene rings is 1. The molecule has 0 bridgehead atoms. The van der Waals surface area contributed by atoms with Crippen LogP contribution in [-0.4, -0.2) is 20.7 Å². The molecule has 2 aromatic heterocycles. The second kappa shape index (κ2) is 6.41. The van der Waals surface area contributed by atoms with Gasteiger partial charge in [0.2, 0.25) is 0 Å². The van der Waals surface area contributed by atoms with Crippen molar-refractivity contribution in [3.63, 3.8) is 0 Å². The highest BCUT2D eigenvalue weighted by Gasteiger charge is 2.12. The molecule has 0 saturated heterocycles. The fourth-order valence-electron chi connectivity index (χ4n) is 2.18. The fourth-order valence-corrected chi connectivity index (χ4v) is 2.94. The maximum absolute atomic E-state index is 6.00. The Morgan fingerprint density at radius 1 is 1.19 bits per heavy atom. The topological polar surface area (TPSA) is 68.8 Å². The Kier molecular flexibility index (Phi) is 4.16. The van der Waals surface area contributed by atoms with E-state index >= 15 is 0 Å². The molecule has 0 unspecified atom stereocenters. The smallest absolute Gasteiger partial charge is 0.147 e. The summed E-state index contributed by atoms with van der Waals surface area (Å²) in [5.74, 6) is 0.584. The summed E-state index contributed by atoms with van der Waals surface area (Å²) in [5.41, 5.74) is 8.10. The number of hydrogen-bond acceptors (Lipinski definition) is 5. The molecule has 0 aliphatic heterocycles. The Morgan fingerprint density at radius 2 is 2.05 bits per heavy atom. The molecule has 5 nitrogen and oxygen atoms in total. The van der Waals surface area contributed by atoms with Gasteiger partial charge in [-0.1, -0.05) is 30.3 Å². The standard InChI is InChI=1S/C15H17N5S/c16-14-13(12-6-2-1-3-7-12)15(21-19-14)17-8-4-10-20-11-5-9-18-20/h1-3,5-7,9,11,17H,4,8,10H2,(H2,16,19). The van der Waals surface area contributed by atoms with Crippen molar-refractivity contribution in [3.8, 4) is 11.1 Å². The van der Waals surface area contributed by atoms with Gasteiger partial charge in [-0.3, -0.25) is 4.68 Å². The van der Waals surface area contributed by atoms with E-state index < -0.39 is 0 Å². The molecule has 0 aliphatic rings. The first kappa shape index (κ1) is 13.6. The first-order valence-corrected chi connectivity index (χ1v) is 7.64. The zero-order chi connectivity index (χ0) is 14.5. The van der Waals surface area contributed by atoms with Gasteiger partial charge in [0.05, 0.1) is 5.56 Å². The fraction of sp³-hybridized carbons (Fsp3) is 0.200. The van der Waals surface area contributed by atoms with Crippen LogP contribution in [0.5, 0.6) is 0 Å². The van der Waals surface area contributed by atoms with Crippen LogP contribution < -0.4 is 11.1 Å². The van der Waals surface area contributed by atoms with Crippen molar-refractivity contribution in [2.24, 2.45) is 0 Å². The Labute approximate surface area is 127 Å². The molecule has 6 heteroatoms. The summed E-state index contributed by atoms with van der Waals surface area (Å²) >= 11 is 1.41. The maximum Gasteiger partial charge on any atom is 0.147 e. The molecule has 0 aliphatic carbocycles. The van der Waals surface area contributed by atoms with Crippen LogP contribution in [0.4, 0.5) is 10.8 Å². The molecule has 3 aromatic rings. The van der Waals surface area contributed by atoms with Crippen molar-refractivity contribution in [2.45, 2.75) is 13.0 Å². The van der Waals surface area contributed by atoms with Gasteiger partial charge in [-0.05, 0) is 29.6 Å². The second-order valence-corrected chi connectivity index (χ2v) is 5.46. The summed E-state index contributed by atoms with van der Waals surface area (Å²) in [4.78, 5) is 0. The van der Waals surface area contributed by atoms with Crippen LogP contribution in [0.3, 0.4) is 0 Å². The zero-order valence-corrected chi connectivity index (χ0v) is 12.4. The molecule has 0 saturated carbocycles. The van der Waals surface area contributed by atoms with Gasteiger partial charge in [0.15, 0.2) is 0 Å². The molecule has 0 atom stereocenters. The number of nitrogens with zero attached hydrogens (tertiary/aromatic N) is 3. The van der Waals surface area contributed by atoms with Crippen LogP contribution in [0.2, 0.25) is 0 Å². The van der Waals surface area contributed by atoms with E-state index in [4.69, 9.17) is 5.73 Å². The van der Waals surface area contributed by atoms with Crippen molar-refractivity contribution in [1.29, 1.82) is 0 Å². The highest BCUT2D eigenvalue weighted by molar-refractivity contribution is 7.11. The summed E-state index contributed by atoms with van der Waals surface area (Å²) in [7, 11) is 0. The molecule has 0 fully saturated rings. The van der Waals surface area contributed by atoms with E-state index in [0.717, 1.165) is 35.6 Å². The average molecular weight is 299 g/mol. The first-order chi connectivity index (χ1) is 10.3. The van der Waals surface area contributed by atoms with Crippen molar-refractivity contribution in [3.05, 3.63) is 48.8 Å². The van der Waals surface area contributed by atoms with Gasteiger partial charge in [-0.2, -0.15) is 9.47 Å². The summed E-state index contributed by atoms with van der Waals surface area (Å²) in [6, 6.07) is 12.0. The van der Waals surface area contributed by atoms with Gasteiger partial charge in [-0.15, -0.1) is 0 Å². The minimum Gasteiger partial charge on any atom is -0.382 e. The Balaban J connectivity index is 1.64. The number of aryl methyl sites for hydroxylation is 1. The van der Waals surface area contributed by atoms with E-state index in [1.165, 1.54) is 11.5 Å². The van der Waals surface area contributed by atoms with Crippen LogP contribution in [0.15, 0.2) is 48.8 Å². The molecule has 21 heavy (non-hydrogen) atoms. The summed E-state index contributed by atoms with van der Waals surface area (Å²) < 4.78 is 6.19. The van der Waals surface area contributed by atoms with Gasteiger partial charge in [0.25, 0.3) is 0 Å². The van der Waals surface area contributed by atoms with E-state index in [2.05, 4.69) is 26.9 Å². The quantitative estimate of drug-likeness (QED) is 0.686. The molecule has 0 spiro atoms. The lowest BCUT2D eigenvalue weighted by Gasteiger charge is -2.07. The number of nitrogens with one attached hydrogen (secondary N) is 1. The minimum atomic E-state index is 0.584. The number of rotatable bonds is 6. The van der Waals surface area contributed by atoms with Gasteiger partial charge in [-0.25, -0.2) is 0 Å². The zero-order valence-electron chi connectivity index (χ0n) is 11.6. The molecule has 0 amide bonds. The maximum atomic E-state index is 6.00. The molecule has 3 rings (SSSR count). The molecule has 1 aromatic carbocycles. The molecular weight excluding hydrogens is 282 g/mol. The van der Waals surface area contributed by atoms with Gasteiger partial charge >= 0.3 is 0 Å². The molecule has 3 N–H and O–H groups in total. The van der Waals surface area contributed by atoms with Gasteiger partial charge in [0, 0.05) is 25.5 Å². The largest absolute Gasteiger partial charge is 0.382 e. The number of nitrogen functional groups attached to an aromatic ring is 1. The monoisotopic (exact) mass is 299 g/mol. The van der Waals surface area contributed by atoms with E-state index in [1.54, 1.807) is 6.20 Å². The predicted octanol–water partition coefficient (Wildman–Crippen LogP) is 3.09. The third-order valence-electron chi connectivity index (χ3n) is 3.19. The molecule has 108 valence electrons. The SMILES string of the molecule is Nc1nsc(NCCCn2cccn2)c1-c1ccccc1. The average Bonchev–Trinajstić information content (AvgIpc) is 3.14. The van der Waals surface area contributed by atoms with Crippen molar-refractivity contribution in [1.82, 2.24) is 14.2 Å². The highest BCUT2D eigenvalue weighted by Crippen LogP contribution is 2.36. The lowest BCUT2D eigenvalue weighted by Crippen LogP contribution is -2.06. The Hall–Kier alpha value is -2.34. The molecule has 2 heterocycles. The third-order valence-corrected chi connectivity index (χ3v) is 4.01. The lowest BCUT2D eigenvalue weighted by molar-refractivity contribution is 0.592. The first-order valence-electron chi connectivity index (χ1n) is 6.86. The van der Waals surface area contributed by atoms with E-state index in [0.29, 0.717) is 5.82 Å². The number of nitrogens with two attached hydrogens (primary N) is 1. The van der Waals surface area contributed by atoms with Crippen LogP contribution in [-0.2, 0) is 6.54 Å². The second-order valence-electron chi connectivity index (χ2n) is 4.69. The Morgan fingerprint density at radius 3 is 2.81 bits per heavy atom. The molecular formula is C15H17N5S.